The molecule has 30 heavy (non-hydrogen) atoms. The average molecular weight is 425 g/mol. The van der Waals surface area contributed by atoms with Crippen LogP contribution in [0, 0.1) is 6.92 Å². The number of sulfonamides is 1. The topological polar surface area (TPSA) is 87.6 Å². The largest absolute Gasteiger partial charge is 0.478 e. The van der Waals surface area contributed by atoms with Crippen molar-refractivity contribution in [2.24, 2.45) is 0 Å². The predicted octanol–water partition coefficient (Wildman–Crippen LogP) is 4.47. The minimum Gasteiger partial charge on any atom is -0.478 e. The highest BCUT2D eigenvalue weighted by Crippen LogP contribution is 2.30. The second-order valence-electron chi connectivity index (χ2n) is 7.67. The number of benzene rings is 2. The molecular formula is C23H24N2O4S. The Morgan fingerprint density at radius 3 is 2.37 bits per heavy atom. The molecule has 7 heteroatoms. The lowest BCUT2D eigenvalue weighted by atomic mass is 10.0. The van der Waals surface area contributed by atoms with Gasteiger partial charge in [0.05, 0.1) is 21.7 Å². The molecule has 3 aromatic rings. The molecule has 0 radical (unpaired) electrons. The summed E-state index contributed by atoms with van der Waals surface area (Å²) in [7, 11) is -3.68. The van der Waals surface area contributed by atoms with E-state index < -0.39 is 16.0 Å². The van der Waals surface area contributed by atoms with Gasteiger partial charge in [-0.1, -0.05) is 37.1 Å². The van der Waals surface area contributed by atoms with E-state index in [4.69, 9.17) is 0 Å². The highest BCUT2D eigenvalue weighted by molar-refractivity contribution is 7.89. The number of pyridine rings is 1. The van der Waals surface area contributed by atoms with Gasteiger partial charge in [-0.3, -0.25) is 0 Å². The van der Waals surface area contributed by atoms with Crippen molar-refractivity contribution < 1.29 is 18.3 Å². The lowest BCUT2D eigenvalue weighted by Gasteiger charge is -2.20. The number of nitrogens with zero attached hydrogens (tertiary/aromatic N) is 2. The van der Waals surface area contributed by atoms with Crippen LogP contribution < -0.4 is 0 Å². The number of aromatic nitrogens is 1. The van der Waals surface area contributed by atoms with E-state index in [-0.39, 0.29) is 10.5 Å². The van der Waals surface area contributed by atoms with Crippen LogP contribution in [0.2, 0.25) is 0 Å². The first-order chi connectivity index (χ1) is 14.4. The van der Waals surface area contributed by atoms with Gasteiger partial charge >= 0.3 is 5.97 Å². The Labute approximate surface area is 176 Å². The van der Waals surface area contributed by atoms with E-state index in [2.05, 4.69) is 4.98 Å². The SMILES string of the molecule is Cc1ccccc1-c1cc(C(=O)O)c2cc(S(=O)(=O)N3CCCCCC3)ccc2n1. The summed E-state index contributed by atoms with van der Waals surface area (Å²) in [5.74, 6) is -1.11. The highest BCUT2D eigenvalue weighted by Gasteiger charge is 2.26. The molecule has 1 aliphatic rings. The molecule has 0 spiro atoms. The summed E-state index contributed by atoms with van der Waals surface area (Å²) in [6.07, 6.45) is 3.74. The molecule has 0 aliphatic carbocycles. The molecule has 156 valence electrons. The first kappa shape index (κ1) is 20.5. The maximum atomic E-state index is 13.2. The second kappa shape index (κ2) is 8.16. The van der Waals surface area contributed by atoms with Gasteiger partial charge in [-0.05, 0) is 49.6 Å². The van der Waals surface area contributed by atoms with E-state index in [0.29, 0.717) is 29.7 Å². The normalized spacial score (nSPS) is 15.8. The van der Waals surface area contributed by atoms with Gasteiger partial charge in [0.2, 0.25) is 10.0 Å². The van der Waals surface area contributed by atoms with Gasteiger partial charge in [0.15, 0.2) is 0 Å². The third-order valence-electron chi connectivity index (χ3n) is 5.63. The second-order valence-corrected chi connectivity index (χ2v) is 9.61. The van der Waals surface area contributed by atoms with Crippen molar-refractivity contribution in [1.82, 2.24) is 9.29 Å². The summed E-state index contributed by atoms with van der Waals surface area (Å²) < 4.78 is 27.8. The van der Waals surface area contributed by atoms with Crippen molar-refractivity contribution in [1.29, 1.82) is 0 Å². The van der Waals surface area contributed by atoms with Crippen LogP contribution in [0.25, 0.3) is 22.2 Å². The van der Waals surface area contributed by atoms with Crippen molar-refractivity contribution >= 4 is 26.9 Å². The Morgan fingerprint density at radius 1 is 1.00 bits per heavy atom. The van der Waals surface area contributed by atoms with Crippen molar-refractivity contribution in [3.8, 4) is 11.3 Å². The molecule has 6 nitrogen and oxygen atoms in total. The molecule has 0 unspecified atom stereocenters. The molecule has 1 aromatic heterocycles. The predicted molar refractivity (Wildman–Crippen MR) is 116 cm³/mol. The van der Waals surface area contributed by atoms with Crippen molar-refractivity contribution in [2.75, 3.05) is 13.1 Å². The monoisotopic (exact) mass is 424 g/mol. The molecule has 1 aliphatic heterocycles. The smallest absolute Gasteiger partial charge is 0.336 e. The molecule has 1 saturated heterocycles. The number of hydrogen-bond donors (Lipinski definition) is 1. The molecule has 4 rings (SSSR count). The van der Waals surface area contributed by atoms with Gasteiger partial charge in [-0.2, -0.15) is 4.31 Å². The molecule has 2 aromatic carbocycles. The van der Waals surface area contributed by atoms with Crippen molar-refractivity contribution in [3.05, 3.63) is 59.7 Å². The van der Waals surface area contributed by atoms with E-state index >= 15 is 0 Å². The summed E-state index contributed by atoms with van der Waals surface area (Å²) in [5.41, 5.74) is 2.90. The van der Waals surface area contributed by atoms with Crippen molar-refractivity contribution in [3.63, 3.8) is 0 Å². The van der Waals surface area contributed by atoms with Crippen LogP contribution in [0.15, 0.2) is 53.4 Å². The number of aryl methyl sites for hydroxylation is 1. The van der Waals surface area contributed by atoms with Crippen LogP contribution in [0.3, 0.4) is 0 Å². The average Bonchev–Trinajstić information content (AvgIpc) is 3.03. The summed E-state index contributed by atoms with van der Waals surface area (Å²) >= 11 is 0. The van der Waals surface area contributed by atoms with E-state index in [0.717, 1.165) is 36.8 Å². The van der Waals surface area contributed by atoms with Gasteiger partial charge in [0, 0.05) is 24.0 Å². The molecule has 2 heterocycles. The fraction of sp³-hybridized carbons (Fsp3) is 0.304. The quantitative estimate of drug-likeness (QED) is 0.667. The van der Waals surface area contributed by atoms with Gasteiger partial charge in [0.1, 0.15) is 0 Å². The maximum Gasteiger partial charge on any atom is 0.336 e. The number of carbonyl (C=O) groups is 1. The van der Waals surface area contributed by atoms with Gasteiger partial charge in [-0.25, -0.2) is 18.2 Å². The van der Waals surface area contributed by atoms with Crippen LogP contribution in [-0.4, -0.2) is 41.9 Å². The zero-order valence-corrected chi connectivity index (χ0v) is 17.7. The maximum absolute atomic E-state index is 13.2. The van der Waals surface area contributed by atoms with Gasteiger partial charge < -0.3 is 5.11 Å². The van der Waals surface area contributed by atoms with Crippen LogP contribution in [-0.2, 0) is 10.0 Å². The molecule has 0 saturated carbocycles. The van der Waals surface area contributed by atoms with Crippen LogP contribution >= 0.6 is 0 Å². The highest BCUT2D eigenvalue weighted by atomic mass is 32.2. The number of carboxylic acid groups (broad SMARTS) is 1. The van der Waals surface area contributed by atoms with E-state index in [1.165, 1.54) is 22.5 Å². The van der Waals surface area contributed by atoms with Crippen LogP contribution in [0.4, 0.5) is 0 Å². The van der Waals surface area contributed by atoms with Crippen LogP contribution in [0.5, 0.6) is 0 Å². The molecule has 1 N–H and O–H groups in total. The van der Waals surface area contributed by atoms with Crippen LogP contribution in [0.1, 0.15) is 41.6 Å². The number of hydrogen-bond acceptors (Lipinski definition) is 4. The van der Waals surface area contributed by atoms with E-state index in [1.54, 1.807) is 6.07 Å². The summed E-state index contributed by atoms with van der Waals surface area (Å²) in [6.45, 7) is 2.94. The first-order valence-corrected chi connectivity index (χ1v) is 11.6. The first-order valence-electron chi connectivity index (χ1n) is 10.1. The molecule has 0 amide bonds. The van der Waals surface area contributed by atoms with E-state index in [9.17, 15) is 18.3 Å². The lowest BCUT2D eigenvalue weighted by molar-refractivity contribution is 0.0699. The summed E-state index contributed by atoms with van der Waals surface area (Å²) in [4.78, 5) is 16.7. The van der Waals surface area contributed by atoms with Gasteiger partial charge in [-0.15, -0.1) is 0 Å². The molecular weight excluding hydrogens is 400 g/mol. The number of rotatable bonds is 4. The fourth-order valence-electron chi connectivity index (χ4n) is 3.97. The van der Waals surface area contributed by atoms with E-state index in [1.807, 2.05) is 31.2 Å². The summed E-state index contributed by atoms with van der Waals surface area (Å²) in [5, 5.41) is 10.1. The Bertz CT molecular complexity index is 1210. The zero-order valence-electron chi connectivity index (χ0n) is 16.8. The van der Waals surface area contributed by atoms with Crippen molar-refractivity contribution in [2.45, 2.75) is 37.5 Å². The Kier molecular flexibility index (Phi) is 5.58. The molecule has 0 atom stereocenters. The molecule has 0 bridgehead atoms. The number of fused-ring (bicyclic) bond motifs is 1. The minimum absolute atomic E-state index is 0.0474. The fourth-order valence-corrected chi connectivity index (χ4v) is 5.52. The van der Waals surface area contributed by atoms with Gasteiger partial charge in [0.25, 0.3) is 0 Å². The Morgan fingerprint density at radius 2 is 1.70 bits per heavy atom. The Balaban J connectivity index is 1.85. The minimum atomic E-state index is -3.68. The summed E-state index contributed by atoms with van der Waals surface area (Å²) in [6, 6.07) is 13.7. The zero-order chi connectivity index (χ0) is 21.3. The standard InChI is InChI=1S/C23H24N2O4S/c1-16-8-4-5-9-18(16)22-15-20(23(26)27)19-14-17(10-11-21(19)24-22)30(28,29)25-12-6-2-3-7-13-25/h4-5,8-11,14-15H,2-3,6-7,12-13H2,1H3,(H,26,27). The molecule has 1 fully saturated rings. The third kappa shape index (κ3) is 3.82. The number of aromatic carboxylic acids is 1. The Hall–Kier alpha value is -2.77. The third-order valence-corrected chi connectivity index (χ3v) is 7.53. The lowest BCUT2D eigenvalue weighted by Crippen LogP contribution is -2.31. The number of carboxylic acids is 1.